The SMILES string of the molecule is Cc1ccccc1C1=c2ccc3c(c2B(O)c2c1ccc1c2OCCN1C)OCC[N+]=3C. The standard InChI is InChI=1S/C26H26BN2O3/c1-16-6-4-5-7-17(16)22-18-8-10-20-25(31-14-12-28(20)2)23(18)27(30)24-19(22)9-11-21-26(24)32-15-13-29(21)3/h4-11,30H,12-15H2,1-3H3/q+1. The van der Waals surface area contributed by atoms with E-state index in [-0.39, 0.29) is 0 Å². The summed E-state index contributed by atoms with van der Waals surface area (Å²) in [6, 6.07) is 16.9. The van der Waals surface area contributed by atoms with Gasteiger partial charge in [-0.3, -0.25) is 0 Å². The van der Waals surface area contributed by atoms with Crippen molar-refractivity contribution in [2.24, 2.45) is 0 Å². The fourth-order valence-corrected chi connectivity index (χ4v) is 5.30. The van der Waals surface area contributed by atoms with Crippen LogP contribution in [0.15, 0.2) is 48.5 Å². The average molecular weight is 425 g/mol. The normalized spacial score (nSPS) is 16.5. The maximum Gasteiger partial charge on any atom is 0.368 e. The molecule has 0 saturated heterocycles. The van der Waals surface area contributed by atoms with Crippen molar-refractivity contribution >= 4 is 29.1 Å². The first kappa shape index (κ1) is 19.4. The van der Waals surface area contributed by atoms with Crippen LogP contribution >= 0.6 is 0 Å². The fraction of sp³-hybridized carbons (Fsp3) is 0.269. The summed E-state index contributed by atoms with van der Waals surface area (Å²) in [5.74, 6) is 1.56. The van der Waals surface area contributed by atoms with E-state index in [0.717, 1.165) is 68.5 Å². The topological polar surface area (TPSA) is 44.9 Å². The van der Waals surface area contributed by atoms with Crippen LogP contribution in [0.1, 0.15) is 16.7 Å². The van der Waals surface area contributed by atoms with Gasteiger partial charge in [-0.1, -0.05) is 30.3 Å². The number of likely N-dealkylation sites (N-methyl/N-ethyl adjacent to an activating group) is 2. The van der Waals surface area contributed by atoms with Crippen LogP contribution < -0.4 is 40.5 Å². The van der Waals surface area contributed by atoms with Crippen molar-refractivity contribution in [2.75, 3.05) is 45.3 Å². The third-order valence-electron chi connectivity index (χ3n) is 7.02. The van der Waals surface area contributed by atoms with E-state index in [1.165, 1.54) is 5.56 Å². The zero-order chi connectivity index (χ0) is 22.0. The highest BCUT2D eigenvalue weighted by atomic mass is 16.5. The van der Waals surface area contributed by atoms with Gasteiger partial charge in [-0.25, -0.2) is 4.58 Å². The average Bonchev–Trinajstić information content (AvgIpc) is 2.80. The Hall–Kier alpha value is -3.25. The molecule has 1 N–H and O–H groups in total. The van der Waals surface area contributed by atoms with E-state index >= 15 is 0 Å². The maximum atomic E-state index is 11.8. The minimum absolute atomic E-state index is 0.603. The van der Waals surface area contributed by atoms with E-state index in [4.69, 9.17) is 9.47 Å². The molecule has 3 aliphatic rings. The molecule has 6 heteroatoms. The number of benzene rings is 3. The smallest absolute Gasteiger partial charge is 0.368 e. The van der Waals surface area contributed by atoms with E-state index < -0.39 is 6.92 Å². The van der Waals surface area contributed by atoms with Crippen molar-refractivity contribution in [3.8, 4) is 11.5 Å². The highest BCUT2D eigenvalue weighted by molar-refractivity contribution is 6.82. The van der Waals surface area contributed by atoms with Crippen molar-refractivity contribution in [3.05, 3.63) is 75.8 Å². The van der Waals surface area contributed by atoms with E-state index in [9.17, 15) is 5.02 Å². The number of aryl methyl sites for hydroxylation is 1. The molecule has 3 aliphatic heterocycles. The Morgan fingerprint density at radius 2 is 1.75 bits per heavy atom. The van der Waals surface area contributed by atoms with Gasteiger partial charge in [-0.05, 0) is 46.5 Å². The third kappa shape index (κ3) is 2.66. The van der Waals surface area contributed by atoms with E-state index in [1.54, 1.807) is 0 Å². The lowest BCUT2D eigenvalue weighted by Gasteiger charge is -2.33. The van der Waals surface area contributed by atoms with Gasteiger partial charge < -0.3 is 19.4 Å². The minimum Gasteiger partial charge on any atom is -0.490 e. The summed E-state index contributed by atoms with van der Waals surface area (Å²) in [5, 5.41) is 13.9. The van der Waals surface area contributed by atoms with Crippen molar-refractivity contribution < 1.29 is 14.5 Å². The summed E-state index contributed by atoms with van der Waals surface area (Å²) in [6.07, 6.45) is 0. The van der Waals surface area contributed by atoms with Crippen LogP contribution in [0.2, 0.25) is 0 Å². The summed E-state index contributed by atoms with van der Waals surface area (Å²) in [7, 11) is 4.14. The molecule has 5 nitrogen and oxygen atoms in total. The van der Waals surface area contributed by atoms with Crippen molar-refractivity contribution in [1.82, 2.24) is 4.58 Å². The predicted octanol–water partition coefficient (Wildman–Crippen LogP) is -0.00438. The van der Waals surface area contributed by atoms with Gasteiger partial charge >= 0.3 is 6.92 Å². The molecule has 32 heavy (non-hydrogen) atoms. The molecular formula is C26H26BN2O3+. The Morgan fingerprint density at radius 3 is 2.59 bits per heavy atom. The molecule has 0 saturated carbocycles. The maximum absolute atomic E-state index is 11.8. The van der Waals surface area contributed by atoms with Crippen molar-refractivity contribution in [3.63, 3.8) is 0 Å². The van der Waals surface area contributed by atoms with Gasteiger partial charge in [0.25, 0.3) is 0 Å². The van der Waals surface area contributed by atoms with Crippen molar-refractivity contribution in [2.45, 2.75) is 6.92 Å². The second-order valence-corrected chi connectivity index (χ2v) is 8.88. The first-order valence-corrected chi connectivity index (χ1v) is 11.2. The molecule has 0 spiro atoms. The summed E-state index contributed by atoms with van der Waals surface area (Å²) in [5.41, 5.74) is 7.20. The Balaban J connectivity index is 1.79. The largest absolute Gasteiger partial charge is 0.490 e. The zero-order valence-electron chi connectivity index (χ0n) is 18.7. The van der Waals surface area contributed by atoms with E-state index in [0.29, 0.717) is 13.2 Å². The quantitative estimate of drug-likeness (QED) is 0.441. The highest BCUT2D eigenvalue weighted by Gasteiger charge is 2.39. The summed E-state index contributed by atoms with van der Waals surface area (Å²) < 4.78 is 14.6. The molecule has 3 aromatic rings. The highest BCUT2D eigenvalue weighted by Crippen LogP contribution is 2.35. The van der Waals surface area contributed by atoms with Gasteiger partial charge in [0.05, 0.1) is 12.2 Å². The number of anilines is 1. The Bertz CT molecular complexity index is 1400. The number of hydrogen-bond acceptors (Lipinski definition) is 4. The van der Waals surface area contributed by atoms with Gasteiger partial charge in [0.2, 0.25) is 5.36 Å². The number of ether oxygens (including phenoxy) is 2. The third-order valence-corrected chi connectivity index (χ3v) is 7.02. The molecule has 0 amide bonds. The molecule has 0 aromatic heterocycles. The number of rotatable bonds is 1. The summed E-state index contributed by atoms with van der Waals surface area (Å²) in [6.45, 7) is 4.18. The molecular weight excluding hydrogens is 399 g/mol. The van der Waals surface area contributed by atoms with Crippen LogP contribution in [0.4, 0.5) is 5.69 Å². The Labute approximate surface area is 188 Å². The van der Waals surface area contributed by atoms with Crippen molar-refractivity contribution in [1.29, 1.82) is 0 Å². The lowest BCUT2D eigenvalue weighted by Crippen LogP contribution is -2.59. The van der Waals surface area contributed by atoms with Crippen LogP contribution in [0.25, 0.3) is 5.57 Å². The molecule has 0 bridgehead atoms. The molecule has 0 radical (unpaired) electrons. The molecule has 160 valence electrons. The number of fused-ring (bicyclic) bond motifs is 6. The molecule has 0 unspecified atom stereocenters. The van der Waals surface area contributed by atoms with Crippen LogP contribution in [-0.2, 0) is 0 Å². The molecule has 0 fully saturated rings. The van der Waals surface area contributed by atoms with Gasteiger partial charge in [0.1, 0.15) is 26.0 Å². The number of hydrogen-bond donors (Lipinski definition) is 1. The fourth-order valence-electron chi connectivity index (χ4n) is 5.30. The Morgan fingerprint density at radius 1 is 0.938 bits per heavy atom. The molecule has 3 heterocycles. The minimum atomic E-state index is -0.823. The van der Waals surface area contributed by atoms with Gasteiger partial charge in [-0.15, -0.1) is 0 Å². The first-order chi connectivity index (χ1) is 15.6. The first-order valence-electron chi connectivity index (χ1n) is 11.2. The number of nitrogens with zero attached hydrogens (tertiary/aromatic N) is 2. The molecule has 6 rings (SSSR count). The lowest BCUT2D eigenvalue weighted by molar-refractivity contribution is 0.282. The van der Waals surface area contributed by atoms with E-state index in [2.05, 4.69) is 79.0 Å². The van der Waals surface area contributed by atoms with Gasteiger partial charge in [0.15, 0.2) is 12.3 Å². The van der Waals surface area contributed by atoms with Crippen LogP contribution in [-0.4, -0.2) is 52.3 Å². The predicted molar refractivity (Wildman–Crippen MR) is 128 cm³/mol. The van der Waals surface area contributed by atoms with Crippen LogP contribution in [0.3, 0.4) is 0 Å². The van der Waals surface area contributed by atoms with Crippen LogP contribution in [0, 0.1) is 6.92 Å². The molecule has 3 aromatic carbocycles. The second-order valence-electron chi connectivity index (χ2n) is 8.88. The van der Waals surface area contributed by atoms with Gasteiger partial charge in [0, 0.05) is 24.0 Å². The Kier molecular flexibility index (Phi) is 4.34. The summed E-state index contributed by atoms with van der Waals surface area (Å²) in [4.78, 5) is 2.19. The second kappa shape index (κ2) is 7.14. The van der Waals surface area contributed by atoms with Crippen LogP contribution in [0.5, 0.6) is 11.5 Å². The lowest BCUT2D eigenvalue weighted by atomic mass is 9.49. The molecule has 0 atom stereocenters. The monoisotopic (exact) mass is 425 g/mol. The molecule has 0 aliphatic carbocycles. The zero-order valence-corrected chi connectivity index (χ0v) is 18.7. The van der Waals surface area contributed by atoms with E-state index in [1.807, 2.05) is 0 Å². The summed E-state index contributed by atoms with van der Waals surface area (Å²) >= 11 is 0. The van der Waals surface area contributed by atoms with Gasteiger partial charge in [-0.2, -0.15) is 0 Å².